The Labute approximate surface area is 629 Å². The van der Waals surface area contributed by atoms with E-state index in [0.717, 1.165) is 288 Å². The summed E-state index contributed by atoms with van der Waals surface area (Å²) in [6, 6.07) is 11.7. The lowest BCUT2D eigenvalue weighted by Crippen LogP contribution is -2.27. The Kier molecular flexibility index (Phi) is 62.7. The first-order valence-corrected chi connectivity index (χ1v) is 44.5. The molecule has 0 bridgehead atoms. The minimum absolute atomic E-state index is 0.135. The van der Waals surface area contributed by atoms with Crippen LogP contribution in [0.15, 0.2) is 36.4 Å². The number of ether oxygens (including phenoxy) is 4. The number of unbranched alkanes of at least 4 members (excludes halogenated alkanes) is 39. The maximum Gasteiger partial charge on any atom is 0.314 e. The van der Waals surface area contributed by atoms with Gasteiger partial charge < -0.3 is 29.0 Å². The van der Waals surface area contributed by atoms with Gasteiger partial charge in [-0.15, -0.1) is 0 Å². The summed E-state index contributed by atoms with van der Waals surface area (Å²) in [7, 11) is 0. The van der Waals surface area contributed by atoms with Crippen LogP contribution in [-0.4, -0.2) is 60.1 Å². The average Bonchev–Trinajstić information content (AvgIpc) is 0.853. The fraction of sp³-hybridized carbons (Fsp3) is 0.826. The second-order valence-electron chi connectivity index (χ2n) is 31.3. The molecule has 0 aliphatic heterocycles. The van der Waals surface area contributed by atoms with Crippen molar-refractivity contribution in [2.45, 2.75) is 441 Å². The zero-order valence-electron chi connectivity index (χ0n) is 68.2. The molecule has 0 heterocycles. The summed E-state index contributed by atoms with van der Waals surface area (Å²) in [5.41, 5.74) is 2.09. The summed E-state index contributed by atoms with van der Waals surface area (Å²) in [5.74, 6) is 0.891. The van der Waals surface area contributed by atoms with Crippen molar-refractivity contribution in [2.24, 2.45) is 23.7 Å². The number of carbonyl (C=O) groups excluding carboxylic acids is 4. The van der Waals surface area contributed by atoms with Gasteiger partial charge in [-0.05, 0) is 158 Å². The van der Waals surface area contributed by atoms with E-state index < -0.39 is 0 Å². The van der Waals surface area contributed by atoms with Crippen molar-refractivity contribution in [3.05, 3.63) is 47.5 Å². The van der Waals surface area contributed by atoms with Gasteiger partial charge in [-0.1, -0.05) is 338 Å². The van der Waals surface area contributed by atoms with Crippen LogP contribution in [0.1, 0.15) is 439 Å². The number of benzene rings is 2. The van der Waals surface area contributed by atoms with E-state index in [-0.39, 0.29) is 54.2 Å². The van der Waals surface area contributed by atoms with E-state index in [9.17, 15) is 24.3 Å². The van der Waals surface area contributed by atoms with Gasteiger partial charge in [0.05, 0.1) is 23.7 Å². The third-order valence-electron chi connectivity index (χ3n) is 21.6. The largest absolute Gasteiger partial charge is 0.426 e. The molecule has 10 heteroatoms. The summed E-state index contributed by atoms with van der Waals surface area (Å²) in [6.45, 7) is 21.2. The molecule has 1 N–H and O–H groups in total. The molecular weight excluding hydrogens is 1260 g/mol. The van der Waals surface area contributed by atoms with Crippen molar-refractivity contribution >= 4 is 23.9 Å². The molecule has 590 valence electrons. The van der Waals surface area contributed by atoms with Gasteiger partial charge in [0.25, 0.3) is 0 Å². The van der Waals surface area contributed by atoms with Crippen molar-refractivity contribution in [3.8, 4) is 23.0 Å². The standard InChI is InChI=1S/C92H163NO9/c1-9-17-25-33-37-51-65-81(61-47-29-21-13-5)89(95)99-85-73-79(74-86(77-85)100-90(96)82(62-48-30-22-14-6)66-52-38-34-26-18-10-2)59-45-41-43-55-69-93(71-57-58-72-94)70-56-44-42-46-60-80-75-87(101-91(97)83(63-49-31-23-15-7)67-53-39-35-27-19-11-3)78-88(76-80)102-92(98)84(64-50-32-24-16-8)68-54-40-36-28-20-12-4/h73-78,81-84,94H,9-72H2,1-8H3. The van der Waals surface area contributed by atoms with Crippen molar-refractivity contribution in [3.63, 3.8) is 0 Å². The Morgan fingerprint density at radius 3 is 0.667 bits per heavy atom. The van der Waals surface area contributed by atoms with Gasteiger partial charge in [-0.2, -0.15) is 0 Å². The number of aryl methyl sites for hydroxylation is 2. The van der Waals surface area contributed by atoms with E-state index >= 15 is 0 Å². The van der Waals surface area contributed by atoms with Crippen LogP contribution in [0.25, 0.3) is 0 Å². The highest BCUT2D eigenvalue weighted by molar-refractivity contribution is 5.78. The molecule has 4 atom stereocenters. The highest BCUT2D eigenvalue weighted by atomic mass is 16.6. The zero-order chi connectivity index (χ0) is 74.0. The fourth-order valence-electron chi connectivity index (χ4n) is 14.9. The van der Waals surface area contributed by atoms with E-state index in [4.69, 9.17) is 18.9 Å². The van der Waals surface area contributed by atoms with Crippen molar-refractivity contribution in [1.82, 2.24) is 4.90 Å². The molecule has 0 saturated carbocycles. The van der Waals surface area contributed by atoms with Crippen LogP contribution >= 0.6 is 0 Å². The maximum absolute atomic E-state index is 14.2. The highest BCUT2D eigenvalue weighted by Gasteiger charge is 2.26. The number of nitrogens with zero attached hydrogens (tertiary/aromatic N) is 1. The number of esters is 4. The molecule has 2 aromatic carbocycles. The van der Waals surface area contributed by atoms with E-state index in [1.165, 1.54) is 128 Å². The molecule has 0 spiro atoms. The molecule has 0 aliphatic rings. The Morgan fingerprint density at radius 2 is 0.441 bits per heavy atom. The predicted molar refractivity (Wildman–Crippen MR) is 433 cm³/mol. The van der Waals surface area contributed by atoms with Crippen LogP contribution in [-0.2, 0) is 32.0 Å². The van der Waals surface area contributed by atoms with Gasteiger partial charge in [0.2, 0.25) is 0 Å². The Balaban J connectivity index is 2.26. The van der Waals surface area contributed by atoms with Gasteiger partial charge in [0.15, 0.2) is 0 Å². The summed E-state index contributed by atoms with van der Waals surface area (Å²) in [4.78, 5) is 59.4. The van der Waals surface area contributed by atoms with E-state index in [0.29, 0.717) is 23.0 Å². The van der Waals surface area contributed by atoms with Crippen LogP contribution in [0.5, 0.6) is 23.0 Å². The first-order chi connectivity index (χ1) is 50.0. The molecule has 102 heavy (non-hydrogen) atoms. The van der Waals surface area contributed by atoms with Crippen molar-refractivity contribution in [2.75, 3.05) is 26.2 Å². The quantitative estimate of drug-likeness (QED) is 0.0388. The van der Waals surface area contributed by atoms with Gasteiger partial charge >= 0.3 is 23.9 Å². The molecule has 0 aliphatic carbocycles. The fourth-order valence-corrected chi connectivity index (χ4v) is 14.9. The molecule has 2 rings (SSSR count). The van der Waals surface area contributed by atoms with E-state index in [1.807, 2.05) is 36.4 Å². The molecule has 0 fully saturated rings. The number of aliphatic hydroxyl groups excluding tert-OH is 1. The third-order valence-corrected chi connectivity index (χ3v) is 21.6. The topological polar surface area (TPSA) is 129 Å². The number of aliphatic hydroxyl groups is 1. The van der Waals surface area contributed by atoms with Crippen molar-refractivity contribution < 1.29 is 43.2 Å². The smallest absolute Gasteiger partial charge is 0.314 e. The summed E-state index contributed by atoms with van der Waals surface area (Å²) < 4.78 is 25.5. The van der Waals surface area contributed by atoms with Gasteiger partial charge in [0.1, 0.15) is 23.0 Å². The summed E-state index contributed by atoms with van der Waals surface area (Å²) in [5, 5.41) is 9.77. The number of hydrogen-bond acceptors (Lipinski definition) is 10. The molecule has 0 radical (unpaired) electrons. The lowest BCUT2D eigenvalue weighted by molar-refractivity contribution is -0.141. The van der Waals surface area contributed by atoms with Crippen LogP contribution in [0.2, 0.25) is 0 Å². The minimum Gasteiger partial charge on any atom is -0.426 e. The van der Waals surface area contributed by atoms with E-state index in [1.54, 1.807) is 0 Å². The predicted octanol–water partition coefficient (Wildman–Crippen LogP) is 27.6. The molecule has 0 amide bonds. The first kappa shape index (κ1) is 94.3. The maximum atomic E-state index is 14.2. The van der Waals surface area contributed by atoms with Gasteiger partial charge in [-0.25, -0.2) is 0 Å². The number of rotatable bonds is 74. The lowest BCUT2D eigenvalue weighted by atomic mass is 9.94. The van der Waals surface area contributed by atoms with Crippen LogP contribution in [0, 0.1) is 23.7 Å². The lowest BCUT2D eigenvalue weighted by Gasteiger charge is -2.22. The third kappa shape index (κ3) is 50.7. The average molecular weight is 1430 g/mol. The number of carbonyl (C=O) groups is 4. The SMILES string of the molecule is CCCCCCCCC(CCCCCC)C(=O)Oc1cc(CCCCCCN(CCCCO)CCCCCCc2cc(OC(=O)C(CCCCCC)CCCCCCCC)cc(OC(=O)C(CCCCCC)CCCCCCCC)c2)cc(OC(=O)C(CCCCCC)CCCCCCCC)c1. The molecule has 0 aromatic heterocycles. The van der Waals surface area contributed by atoms with Crippen molar-refractivity contribution in [1.29, 1.82) is 0 Å². The Bertz CT molecular complexity index is 2000. The van der Waals surface area contributed by atoms with Crippen LogP contribution in [0.3, 0.4) is 0 Å². The van der Waals surface area contributed by atoms with Crippen LogP contribution in [0.4, 0.5) is 0 Å². The monoisotopic (exact) mass is 1430 g/mol. The van der Waals surface area contributed by atoms with Gasteiger partial charge in [0, 0.05) is 18.7 Å². The molecule has 2 aromatic rings. The second kappa shape index (κ2) is 67.8. The highest BCUT2D eigenvalue weighted by Crippen LogP contribution is 2.33. The molecule has 0 saturated heterocycles. The Hall–Kier alpha value is -3.76. The summed E-state index contributed by atoms with van der Waals surface area (Å²) >= 11 is 0. The summed E-state index contributed by atoms with van der Waals surface area (Å²) in [6.07, 6.45) is 65.4. The normalized spacial score (nSPS) is 12.8. The van der Waals surface area contributed by atoms with Crippen LogP contribution < -0.4 is 18.9 Å². The molecule has 10 nitrogen and oxygen atoms in total. The Morgan fingerprint density at radius 1 is 0.255 bits per heavy atom. The molecule has 4 unspecified atom stereocenters. The molecular formula is C92H163NO9. The first-order valence-electron chi connectivity index (χ1n) is 44.5. The number of hydrogen-bond donors (Lipinski definition) is 1. The minimum atomic E-state index is -0.143. The zero-order valence-corrected chi connectivity index (χ0v) is 68.2. The second-order valence-corrected chi connectivity index (χ2v) is 31.3. The van der Waals surface area contributed by atoms with Gasteiger partial charge in [-0.3, -0.25) is 19.2 Å². The van der Waals surface area contributed by atoms with E-state index in [2.05, 4.69) is 60.3 Å².